The molecule has 0 aromatic heterocycles. The van der Waals surface area contributed by atoms with E-state index in [-0.39, 0.29) is 5.91 Å². The molecule has 3 aromatic rings. The van der Waals surface area contributed by atoms with E-state index in [1.165, 1.54) is 12.1 Å². The van der Waals surface area contributed by atoms with Crippen LogP contribution in [-0.4, -0.2) is 23.9 Å². The lowest BCUT2D eigenvalue weighted by Crippen LogP contribution is -2.49. The molecule has 0 spiro atoms. The molecule has 1 aliphatic rings. The minimum Gasteiger partial charge on any atom is -0.457 e. The van der Waals surface area contributed by atoms with Crippen LogP contribution in [0.5, 0.6) is 11.5 Å². The molecule has 3 nitrogen and oxygen atoms in total. The maximum atomic E-state index is 12.7. The Kier molecular flexibility index (Phi) is 4.94. The molecule has 0 saturated carbocycles. The zero-order valence-electron chi connectivity index (χ0n) is 15.9. The second kappa shape index (κ2) is 7.43. The highest BCUT2D eigenvalue weighted by Crippen LogP contribution is 2.34. The second-order valence-electron chi connectivity index (χ2n) is 7.30. The fourth-order valence-electron chi connectivity index (χ4n) is 3.49. The van der Waals surface area contributed by atoms with E-state index < -0.39 is 11.7 Å². The summed E-state index contributed by atoms with van der Waals surface area (Å²) in [4.78, 5) is 14.5. The number of likely N-dealkylation sites (tertiary alicyclic amines) is 1. The first-order valence-corrected chi connectivity index (χ1v) is 9.52. The van der Waals surface area contributed by atoms with Gasteiger partial charge in [-0.1, -0.05) is 19.1 Å². The van der Waals surface area contributed by atoms with E-state index in [4.69, 9.17) is 4.74 Å². The number of hydrogen-bond acceptors (Lipinski definition) is 2. The van der Waals surface area contributed by atoms with Gasteiger partial charge in [0.1, 0.15) is 11.5 Å². The summed E-state index contributed by atoms with van der Waals surface area (Å²) >= 11 is 0. The lowest BCUT2D eigenvalue weighted by atomic mass is 9.96. The molecule has 1 saturated heterocycles. The quantitative estimate of drug-likeness (QED) is 0.528. The average molecular weight is 399 g/mol. The molecule has 0 N–H and O–H groups in total. The van der Waals surface area contributed by atoms with Gasteiger partial charge in [0.25, 0.3) is 5.91 Å². The van der Waals surface area contributed by atoms with Crippen molar-refractivity contribution in [2.75, 3.05) is 13.1 Å². The average Bonchev–Trinajstić information content (AvgIpc) is 2.66. The summed E-state index contributed by atoms with van der Waals surface area (Å²) in [6.07, 6.45) is -3.30. The molecule has 0 bridgehead atoms. The van der Waals surface area contributed by atoms with Crippen molar-refractivity contribution in [2.24, 2.45) is 5.92 Å². The van der Waals surface area contributed by atoms with Crippen molar-refractivity contribution in [1.82, 2.24) is 4.90 Å². The zero-order valence-corrected chi connectivity index (χ0v) is 15.9. The summed E-state index contributed by atoms with van der Waals surface area (Å²) < 4.78 is 43.9. The van der Waals surface area contributed by atoms with Gasteiger partial charge in [-0.2, -0.15) is 13.2 Å². The molecular weight excluding hydrogens is 379 g/mol. The van der Waals surface area contributed by atoms with Crippen molar-refractivity contribution in [3.8, 4) is 11.5 Å². The Morgan fingerprint density at radius 2 is 1.79 bits per heavy atom. The molecule has 6 heteroatoms. The molecule has 1 fully saturated rings. The van der Waals surface area contributed by atoms with Crippen LogP contribution in [0.3, 0.4) is 0 Å². The number of carbonyl (C=O) groups is 1. The molecule has 150 valence electrons. The normalized spacial score (nSPS) is 14.7. The van der Waals surface area contributed by atoms with E-state index in [0.29, 0.717) is 23.0 Å². The van der Waals surface area contributed by atoms with Gasteiger partial charge in [-0.25, -0.2) is 0 Å². The van der Waals surface area contributed by atoms with Gasteiger partial charge in [0, 0.05) is 24.0 Å². The van der Waals surface area contributed by atoms with E-state index in [0.717, 1.165) is 42.4 Å². The fraction of sp³-hybridized carbons (Fsp3) is 0.261. The van der Waals surface area contributed by atoms with Crippen LogP contribution in [0.1, 0.15) is 29.3 Å². The first-order valence-electron chi connectivity index (χ1n) is 9.52. The predicted octanol–water partition coefficient (Wildman–Crippen LogP) is 6.13. The first kappa shape index (κ1) is 19.3. The summed E-state index contributed by atoms with van der Waals surface area (Å²) in [5.74, 6) is 1.45. The van der Waals surface area contributed by atoms with Crippen LogP contribution in [0, 0.1) is 5.92 Å². The molecule has 29 heavy (non-hydrogen) atoms. The van der Waals surface area contributed by atoms with E-state index >= 15 is 0 Å². The highest BCUT2D eigenvalue weighted by Gasteiger charge is 2.30. The predicted molar refractivity (Wildman–Crippen MR) is 105 cm³/mol. The van der Waals surface area contributed by atoms with Crippen LogP contribution >= 0.6 is 0 Å². The molecule has 1 heterocycles. The number of halogens is 3. The Morgan fingerprint density at radius 1 is 1.07 bits per heavy atom. The number of hydrogen-bond donors (Lipinski definition) is 0. The number of carbonyl (C=O) groups excluding carboxylic acids is 1. The lowest BCUT2D eigenvalue weighted by Gasteiger charge is -2.38. The Balaban J connectivity index is 1.56. The fourth-order valence-corrected chi connectivity index (χ4v) is 3.49. The number of fused-ring (bicyclic) bond motifs is 1. The van der Waals surface area contributed by atoms with E-state index in [9.17, 15) is 18.0 Å². The van der Waals surface area contributed by atoms with Gasteiger partial charge in [0.05, 0.1) is 5.56 Å². The van der Waals surface area contributed by atoms with Crippen molar-refractivity contribution in [1.29, 1.82) is 0 Å². The first-order chi connectivity index (χ1) is 13.8. The van der Waals surface area contributed by atoms with Crippen LogP contribution in [0.25, 0.3) is 10.8 Å². The maximum Gasteiger partial charge on any atom is 0.416 e. The highest BCUT2D eigenvalue weighted by molar-refractivity contribution is 6.00. The summed E-state index contributed by atoms with van der Waals surface area (Å²) in [5, 5.41) is 1.63. The molecule has 0 atom stereocenters. The molecular formula is C23H20F3NO2. The Hall–Kier alpha value is -3.02. The topological polar surface area (TPSA) is 29.5 Å². The van der Waals surface area contributed by atoms with Crippen molar-refractivity contribution in [3.05, 3.63) is 71.8 Å². The third kappa shape index (κ3) is 3.92. The monoisotopic (exact) mass is 399 g/mol. The number of alkyl halides is 3. The van der Waals surface area contributed by atoms with Crippen molar-refractivity contribution in [3.63, 3.8) is 0 Å². The van der Waals surface area contributed by atoms with Crippen LogP contribution in [0.4, 0.5) is 13.2 Å². The minimum atomic E-state index is -4.38. The number of nitrogens with zero attached hydrogens (tertiary/aromatic N) is 1. The number of amides is 1. The SMILES string of the molecule is CCC1CN(C(=O)c2ccc3c(Oc4ccc(C(F)(F)F)cc4)cccc3c2)C1. The third-order valence-electron chi connectivity index (χ3n) is 5.32. The Labute approximate surface area is 166 Å². The van der Waals surface area contributed by atoms with Crippen molar-refractivity contribution < 1.29 is 22.7 Å². The van der Waals surface area contributed by atoms with Gasteiger partial charge in [-0.15, -0.1) is 0 Å². The van der Waals surface area contributed by atoms with Crippen LogP contribution in [0.15, 0.2) is 60.7 Å². The van der Waals surface area contributed by atoms with Crippen molar-refractivity contribution >= 4 is 16.7 Å². The summed E-state index contributed by atoms with van der Waals surface area (Å²) in [5.41, 5.74) is -0.0963. The largest absolute Gasteiger partial charge is 0.457 e. The number of ether oxygens (including phenoxy) is 1. The van der Waals surface area contributed by atoms with Crippen molar-refractivity contribution in [2.45, 2.75) is 19.5 Å². The van der Waals surface area contributed by atoms with Gasteiger partial charge in [-0.3, -0.25) is 4.79 Å². The molecule has 1 aliphatic heterocycles. The summed E-state index contributed by atoms with van der Waals surface area (Å²) in [6, 6.07) is 15.4. The van der Waals surface area contributed by atoms with Gasteiger partial charge < -0.3 is 9.64 Å². The number of rotatable bonds is 4. The Bertz CT molecular complexity index is 1040. The summed E-state index contributed by atoms with van der Waals surface area (Å²) in [6.45, 7) is 3.72. The smallest absolute Gasteiger partial charge is 0.416 e. The number of benzene rings is 3. The van der Waals surface area contributed by atoms with E-state index in [1.807, 2.05) is 23.1 Å². The van der Waals surface area contributed by atoms with E-state index in [1.54, 1.807) is 18.2 Å². The van der Waals surface area contributed by atoms with Gasteiger partial charge in [-0.05, 0) is 66.3 Å². The minimum absolute atomic E-state index is 0.0191. The van der Waals surface area contributed by atoms with Gasteiger partial charge in [0.2, 0.25) is 0 Å². The lowest BCUT2D eigenvalue weighted by molar-refractivity contribution is -0.137. The summed E-state index contributed by atoms with van der Waals surface area (Å²) in [7, 11) is 0. The molecule has 1 amide bonds. The maximum absolute atomic E-state index is 12.7. The second-order valence-corrected chi connectivity index (χ2v) is 7.30. The molecule has 3 aromatic carbocycles. The van der Waals surface area contributed by atoms with Gasteiger partial charge >= 0.3 is 6.18 Å². The molecule has 0 unspecified atom stereocenters. The standard InChI is InChI=1S/C23H20F3NO2/c1-2-15-13-27(14-15)22(28)17-6-11-20-16(12-17)4-3-5-21(20)29-19-9-7-18(8-10-19)23(24,25)26/h3-12,15H,2,13-14H2,1H3. The van der Waals surface area contributed by atoms with Crippen LogP contribution < -0.4 is 4.74 Å². The Morgan fingerprint density at radius 3 is 2.45 bits per heavy atom. The third-order valence-corrected chi connectivity index (χ3v) is 5.32. The van der Waals surface area contributed by atoms with Gasteiger partial charge in [0.15, 0.2) is 0 Å². The van der Waals surface area contributed by atoms with E-state index in [2.05, 4.69) is 6.92 Å². The zero-order chi connectivity index (χ0) is 20.6. The molecule has 0 aliphatic carbocycles. The van der Waals surface area contributed by atoms with Crippen LogP contribution in [-0.2, 0) is 6.18 Å². The van der Waals surface area contributed by atoms with Crippen LogP contribution in [0.2, 0.25) is 0 Å². The molecule has 4 rings (SSSR count). The highest BCUT2D eigenvalue weighted by atomic mass is 19.4. The molecule has 0 radical (unpaired) electrons.